The first-order valence-electron chi connectivity index (χ1n) is 8.35. The third-order valence-corrected chi connectivity index (χ3v) is 4.39. The molecule has 0 atom stereocenters. The molecule has 132 valence electrons. The first-order valence-corrected chi connectivity index (χ1v) is 8.73. The van der Waals surface area contributed by atoms with Crippen LogP contribution in [0.5, 0.6) is 0 Å². The second kappa shape index (κ2) is 8.23. The summed E-state index contributed by atoms with van der Waals surface area (Å²) in [6, 6.07) is 13.4. The average molecular weight is 360 g/mol. The van der Waals surface area contributed by atoms with E-state index in [0.717, 1.165) is 48.9 Å². The average Bonchev–Trinajstić information content (AvgIpc) is 2.63. The molecule has 0 spiro atoms. The minimum atomic E-state index is -0.0952. The van der Waals surface area contributed by atoms with E-state index in [9.17, 15) is 4.79 Å². The van der Waals surface area contributed by atoms with Gasteiger partial charge in [-0.05, 0) is 42.8 Å². The number of amides is 1. The van der Waals surface area contributed by atoms with E-state index in [0.29, 0.717) is 5.02 Å². The zero-order valence-corrected chi connectivity index (χ0v) is 15.0. The molecule has 5 nitrogen and oxygen atoms in total. The van der Waals surface area contributed by atoms with Crippen LogP contribution >= 0.6 is 11.6 Å². The summed E-state index contributed by atoms with van der Waals surface area (Å²) in [5, 5.41) is 6.81. The first-order chi connectivity index (χ1) is 12.1. The fourth-order valence-corrected chi connectivity index (χ4v) is 3.07. The smallest absolute Gasteiger partial charge is 0.243 e. The van der Waals surface area contributed by atoms with Crippen molar-refractivity contribution in [2.24, 2.45) is 0 Å². The summed E-state index contributed by atoms with van der Waals surface area (Å²) in [7, 11) is 0. The van der Waals surface area contributed by atoms with Gasteiger partial charge in [0.05, 0.1) is 31.1 Å². The number of halogens is 1. The Morgan fingerprint density at radius 1 is 1.16 bits per heavy atom. The summed E-state index contributed by atoms with van der Waals surface area (Å²) in [6.45, 7) is 5.28. The lowest BCUT2D eigenvalue weighted by molar-refractivity contribution is -0.114. The Bertz CT molecular complexity index is 745. The molecular weight excluding hydrogens is 338 g/mol. The number of anilines is 3. The van der Waals surface area contributed by atoms with Crippen molar-refractivity contribution in [3.05, 3.63) is 53.1 Å². The van der Waals surface area contributed by atoms with Gasteiger partial charge < -0.3 is 20.3 Å². The molecular formula is C19H22ClN3O2. The van der Waals surface area contributed by atoms with E-state index in [1.807, 2.05) is 37.3 Å². The second-order valence-electron chi connectivity index (χ2n) is 5.98. The standard InChI is InChI=1S/C19H22ClN3O2/c1-14-12-15(20)6-7-16(14)22-19(24)13-21-17-4-2-3-5-18(17)23-8-10-25-11-9-23/h2-7,12,21H,8-11,13H2,1H3,(H,22,24). The minimum Gasteiger partial charge on any atom is -0.378 e. The van der Waals surface area contributed by atoms with Crippen molar-refractivity contribution in [3.8, 4) is 0 Å². The Hall–Kier alpha value is -2.24. The molecule has 1 aliphatic rings. The van der Waals surface area contributed by atoms with Crippen LogP contribution in [0.15, 0.2) is 42.5 Å². The van der Waals surface area contributed by atoms with Gasteiger partial charge >= 0.3 is 0 Å². The fraction of sp³-hybridized carbons (Fsp3) is 0.316. The molecule has 2 N–H and O–H groups in total. The van der Waals surface area contributed by atoms with Crippen LogP contribution in [0.1, 0.15) is 5.56 Å². The number of nitrogens with zero attached hydrogens (tertiary/aromatic N) is 1. The van der Waals surface area contributed by atoms with Gasteiger partial charge in [-0.3, -0.25) is 4.79 Å². The number of ether oxygens (including phenoxy) is 1. The monoisotopic (exact) mass is 359 g/mol. The van der Waals surface area contributed by atoms with E-state index in [1.54, 1.807) is 6.07 Å². The largest absolute Gasteiger partial charge is 0.378 e. The van der Waals surface area contributed by atoms with Crippen LogP contribution in [0.2, 0.25) is 5.02 Å². The number of rotatable bonds is 5. The van der Waals surface area contributed by atoms with Crippen LogP contribution in [-0.4, -0.2) is 38.8 Å². The summed E-state index contributed by atoms with van der Waals surface area (Å²) < 4.78 is 5.41. The Kier molecular flexibility index (Phi) is 5.79. The number of benzene rings is 2. The highest BCUT2D eigenvalue weighted by Gasteiger charge is 2.15. The van der Waals surface area contributed by atoms with E-state index in [2.05, 4.69) is 21.6 Å². The quantitative estimate of drug-likeness (QED) is 0.857. The molecule has 25 heavy (non-hydrogen) atoms. The zero-order valence-electron chi connectivity index (χ0n) is 14.2. The van der Waals surface area contributed by atoms with Gasteiger partial charge in [0.25, 0.3) is 0 Å². The van der Waals surface area contributed by atoms with Crippen LogP contribution in [0, 0.1) is 6.92 Å². The zero-order chi connectivity index (χ0) is 17.6. The summed E-state index contributed by atoms with van der Waals surface area (Å²) in [4.78, 5) is 14.5. The number of aryl methyl sites for hydroxylation is 1. The third kappa shape index (κ3) is 4.65. The summed E-state index contributed by atoms with van der Waals surface area (Å²) in [5.41, 5.74) is 3.76. The molecule has 6 heteroatoms. The second-order valence-corrected chi connectivity index (χ2v) is 6.41. The summed E-state index contributed by atoms with van der Waals surface area (Å²) in [6.07, 6.45) is 0. The molecule has 0 bridgehead atoms. The van der Waals surface area contributed by atoms with Crippen molar-refractivity contribution in [1.29, 1.82) is 0 Å². The molecule has 1 amide bonds. The topological polar surface area (TPSA) is 53.6 Å². The van der Waals surface area contributed by atoms with Crippen LogP contribution in [0.25, 0.3) is 0 Å². The van der Waals surface area contributed by atoms with Gasteiger partial charge in [0.15, 0.2) is 0 Å². The third-order valence-electron chi connectivity index (χ3n) is 4.16. The molecule has 1 saturated heterocycles. The van der Waals surface area contributed by atoms with Crippen molar-refractivity contribution in [3.63, 3.8) is 0 Å². The molecule has 2 aromatic rings. The van der Waals surface area contributed by atoms with Crippen LogP contribution in [-0.2, 0) is 9.53 Å². The minimum absolute atomic E-state index is 0.0952. The molecule has 2 aromatic carbocycles. The van der Waals surface area contributed by atoms with Crippen molar-refractivity contribution >= 4 is 34.6 Å². The van der Waals surface area contributed by atoms with E-state index in [1.165, 1.54) is 0 Å². The molecule has 1 aliphatic heterocycles. The Morgan fingerprint density at radius 2 is 1.92 bits per heavy atom. The number of carbonyl (C=O) groups excluding carboxylic acids is 1. The Morgan fingerprint density at radius 3 is 2.68 bits per heavy atom. The lowest BCUT2D eigenvalue weighted by atomic mass is 10.2. The van der Waals surface area contributed by atoms with Gasteiger partial charge in [0.2, 0.25) is 5.91 Å². The number of morpholine rings is 1. The lowest BCUT2D eigenvalue weighted by Crippen LogP contribution is -2.36. The van der Waals surface area contributed by atoms with E-state index in [-0.39, 0.29) is 12.5 Å². The van der Waals surface area contributed by atoms with Crippen molar-refractivity contribution < 1.29 is 9.53 Å². The molecule has 3 rings (SSSR count). The molecule has 0 saturated carbocycles. The van der Waals surface area contributed by atoms with Crippen molar-refractivity contribution in [1.82, 2.24) is 0 Å². The van der Waals surface area contributed by atoms with Crippen LogP contribution in [0.3, 0.4) is 0 Å². The highest BCUT2D eigenvalue weighted by Crippen LogP contribution is 2.26. The van der Waals surface area contributed by atoms with Gasteiger partial charge in [0, 0.05) is 23.8 Å². The summed E-state index contributed by atoms with van der Waals surface area (Å²) >= 11 is 5.95. The van der Waals surface area contributed by atoms with Crippen molar-refractivity contribution in [2.45, 2.75) is 6.92 Å². The molecule has 0 unspecified atom stereocenters. The maximum Gasteiger partial charge on any atom is 0.243 e. The van der Waals surface area contributed by atoms with Gasteiger partial charge in [0.1, 0.15) is 0 Å². The lowest BCUT2D eigenvalue weighted by Gasteiger charge is -2.30. The van der Waals surface area contributed by atoms with Crippen LogP contribution in [0.4, 0.5) is 17.1 Å². The molecule has 1 heterocycles. The number of para-hydroxylation sites is 2. The number of nitrogens with one attached hydrogen (secondary N) is 2. The van der Waals surface area contributed by atoms with Crippen molar-refractivity contribution in [2.75, 3.05) is 48.4 Å². The maximum absolute atomic E-state index is 12.3. The molecule has 0 aliphatic carbocycles. The first kappa shape index (κ1) is 17.6. The maximum atomic E-state index is 12.3. The van der Waals surface area contributed by atoms with E-state index in [4.69, 9.17) is 16.3 Å². The predicted molar refractivity (Wildman–Crippen MR) is 103 cm³/mol. The van der Waals surface area contributed by atoms with Gasteiger partial charge in [-0.1, -0.05) is 23.7 Å². The molecule has 0 aromatic heterocycles. The van der Waals surface area contributed by atoms with E-state index >= 15 is 0 Å². The molecule has 1 fully saturated rings. The number of hydrogen-bond acceptors (Lipinski definition) is 4. The number of carbonyl (C=O) groups is 1. The van der Waals surface area contributed by atoms with Gasteiger partial charge in [-0.15, -0.1) is 0 Å². The highest BCUT2D eigenvalue weighted by molar-refractivity contribution is 6.30. The number of hydrogen-bond donors (Lipinski definition) is 2. The SMILES string of the molecule is Cc1cc(Cl)ccc1NC(=O)CNc1ccccc1N1CCOCC1. The van der Waals surface area contributed by atoms with Gasteiger partial charge in [-0.2, -0.15) is 0 Å². The Balaban J connectivity index is 1.62. The van der Waals surface area contributed by atoms with Gasteiger partial charge in [-0.25, -0.2) is 0 Å². The molecule has 0 radical (unpaired) electrons. The van der Waals surface area contributed by atoms with Crippen LogP contribution < -0.4 is 15.5 Å². The summed E-state index contributed by atoms with van der Waals surface area (Å²) in [5.74, 6) is -0.0952. The normalized spacial score (nSPS) is 14.2. The van der Waals surface area contributed by atoms with E-state index < -0.39 is 0 Å². The highest BCUT2D eigenvalue weighted by atomic mass is 35.5. The fourth-order valence-electron chi connectivity index (χ4n) is 2.84. The Labute approximate surface area is 152 Å². The predicted octanol–water partition coefficient (Wildman–Crippen LogP) is 3.54.